The molecule has 122 valence electrons. The number of carbonyl (C=O) groups excluding carboxylic acids is 1. The lowest BCUT2D eigenvalue weighted by Crippen LogP contribution is -2.35. The number of carboxylic acid groups (broad SMARTS) is 1. The van der Waals surface area contributed by atoms with Crippen LogP contribution >= 0.6 is 0 Å². The van der Waals surface area contributed by atoms with Gasteiger partial charge >= 0.3 is 5.97 Å². The molecule has 1 aromatic rings. The van der Waals surface area contributed by atoms with Crippen LogP contribution in [0.15, 0.2) is 24.3 Å². The molecule has 0 saturated carbocycles. The number of likely N-dealkylation sites (N-methyl/N-ethyl adjacent to an activating group) is 1. The van der Waals surface area contributed by atoms with Crippen molar-refractivity contribution in [1.29, 1.82) is 0 Å². The average molecular weight is 308 g/mol. The summed E-state index contributed by atoms with van der Waals surface area (Å²) in [5.41, 5.74) is 2.08. The van der Waals surface area contributed by atoms with Crippen molar-refractivity contribution in [2.75, 3.05) is 26.7 Å². The summed E-state index contributed by atoms with van der Waals surface area (Å²) in [6.45, 7) is 4.09. The largest absolute Gasteiger partial charge is 0.481 e. The van der Waals surface area contributed by atoms with Crippen LogP contribution in [-0.4, -0.2) is 48.6 Å². The minimum absolute atomic E-state index is 0.0287. The lowest BCUT2D eigenvalue weighted by molar-refractivity contribution is -0.137. The summed E-state index contributed by atoms with van der Waals surface area (Å²) in [4.78, 5) is 24.0. The van der Waals surface area contributed by atoms with E-state index in [9.17, 15) is 9.59 Å². The number of benzene rings is 1. The highest BCUT2D eigenvalue weighted by atomic mass is 16.5. The van der Waals surface area contributed by atoms with Gasteiger partial charge in [0.1, 0.15) is 0 Å². The van der Waals surface area contributed by atoms with E-state index in [0.717, 1.165) is 11.1 Å². The molecule has 0 bridgehead atoms. The monoisotopic (exact) mass is 308 g/mol. The summed E-state index contributed by atoms with van der Waals surface area (Å²) in [7, 11) is 1.73. The van der Waals surface area contributed by atoms with E-state index in [-0.39, 0.29) is 18.9 Å². The fourth-order valence-electron chi connectivity index (χ4n) is 1.94. The first kappa shape index (κ1) is 18.1. The molecular weight excluding hydrogens is 284 g/mol. The van der Waals surface area contributed by atoms with Crippen LogP contribution in [0.25, 0.3) is 0 Å². The predicted octanol–water partition coefficient (Wildman–Crippen LogP) is 1.25. The van der Waals surface area contributed by atoms with E-state index >= 15 is 0 Å². The van der Waals surface area contributed by atoms with Crippen molar-refractivity contribution in [2.24, 2.45) is 0 Å². The third kappa shape index (κ3) is 7.19. The number of carboxylic acids is 1. The molecule has 0 radical (unpaired) electrons. The zero-order valence-corrected chi connectivity index (χ0v) is 13.2. The van der Waals surface area contributed by atoms with E-state index in [1.807, 2.05) is 31.2 Å². The second-order valence-corrected chi connectivity index (χ2v) is 5.06. The number of nitrogens with one attached hydrogen (secondary N) is 1. The average Bonchev–Trinajstić information content (AvgIpc) is 2.49. The maximum atomic E-state index is 11.9. The summed E-state index contributed by atoms with van der Waals surface area (Å²) in [6.07, 6.45) is 0.0287. The lowest BCUT2D eigenvalue weighted by Gasteiger charge is -2.16. The van der Waals surface area contributed by atoms with Gasteiger partial charge < -0.3 is 15.2 Å². The molecule has 2 N–H and O–H groups in total. The van der Waals surface area contributed by atoms with E-state index < -0.39 is 5.97 Å². The van der Waals surface area contributed by atoms with E-state index in [1.165, 1.54) is 0 Å². The second kappa shape index (κ2) is 9.92. The Morgan fingerprint density at radius 3 is 2.59 bits per heavy atom. The summed E-state index contributed by atoms with van der Waals surface area (Å²) < 4.78 is 5.41. The highest BCUT2D eigenvalue weighted by Gasteiger charge is 2.09. The first-order chi connectivity index (χ1) is 10.5. The number of carbonyl (C=O) groups is 2. The molecule has 0 spiro atoms. The van der Waals surface area contributed by atoms with Gasteiger partial charge in [-0.25, -0.2) is 0 Å². The molecule has 1 rings (SSSR count). The van der Waals surface area contributed by atoms with Gasteiger partial charge in [0.05, 0.1) is 19.6 Å². The molecular formula is C16H24N2O4. The van der Waals surface area contributed by atoms with Crippen LogP contribution in [0.1, 0.15) is 24.5 Å². The van der Waals surface area contributed by atoms with Gasteiger partial charge in [-0.15, -0.1) is 0 Å². The number of hydrogen-bond acceptors (Lipinski definition) is 4. The fraction of sp³-hybridized carbons (Fsp3) is 0.500. The van der Waals surface area contributed by atoms with Crippen molar-refractivity contribution < 1.29 is 19.4 Å². The van der Waals surface area contributed by atoms with E-state index in [0.29, 0.717) is 26.3 Å². The number of nitrogens with zero attached hydrogens (tertiary/aromatic N) is 1. The van der Waals surface area contributed by atoms with Gasteiger partial charge in [-0.1, -0.05) is 24.3 Å². The molecule has 0 aromatic heterocycles. The summed E-state index contributed by atoms with van der Waals surface area (Å²) in [5, 5.41) is 11.5. The first-order valence-electron chi connectivity index (χ1n) is 7.34. The number of amides is 1. The number of hydrogen-bond donors (Lipinski definition) is 2. The Kier molecular flexibility index (Phi) is 8.17. The van der Waals surface area contributed by atoms with Gasteiger partial charge in [-0.3, -0.25) is 14.5 Å². The Morgan fingerprint density at radius 1 is 1.27 bits per heavy atom. The number of rotatable bonds is 10. The number of ether oxygens (including phenoxy) is 1. The summed E-state index contributed by atoms with van der Waals surface area (Å²) in [6, 6.07) is 7.81. The molecule has 0 heterocycles. The molecule has 0 aliphatic carbocycles. The number of aliphatic carboxylic acids is 1. The normalized spacial score (nSPS) is 10.7. The summed E-state index contributed by atoms with van der Waals surface area (Å²) >= 11 is 0. The quantitative estimate of drug-likeness (QED) is 0.680. The smallest absolute Gasteiger partial charge is 0.304 e. The van der Waals surface area contributed by atoms with Crippen molar-refractivity contribution in [1.82, 2.24) is 10.2 Å². The molecule has 0 unspecified atom stereocenters. The highest BCUT2D eigenvalue weighted by Crippen LogP contribution is 2.09. The molecule has 1 amide bonds. The SMILES string of the molecule is CCOCc1ccccc1CNC(=O)CN(C)CCC(=O)O. The van der Waals surface area contributed by atoms with Gasteiger partial charge in [0, 0.05) is 19.7 Å². The Balaban J connectivity index is 2.42. The highest BCUT2D eigenvalue weighted by molar-refractivity contribution is 5.78. The van der Waals surface area contributed by atoms with Crippen molar-refractivity contribution >= 4 is 11.9 Å². The Labute approximate surface area is 131 Å². The van der Waals surface area contributed by atoms with Crippen molar-refractivity contribution in [3.8, 4) is 0 Å². The molecule has 6 nitrogen and oxygen atoms in total. The van der Waals surface area contributed by atoms with Crippen LogP contribution in [0.2, 0.25) is 0 Å². The van der Waals surface area contributed by atoms with E-state index in [2.05, 4.69) is 5.32 Å². The Morgan fingerprint density at radius 2 is 1.95 bits per heavy atom. The van der Waals surface area contributed by atoms with Gasteiger partial charge in [-0.2, -0.15) is 0 Å². The molecule has 22 heavy (non-hydrogen) atoms. The lowest BCUT2D eigenvalue weighted by atomic mass is 10.1. The zero-order chi connectivity index (χ0) is 16.4. The van der Waals surface area contributed by atoms with Crippen LogP contribution in [-0.2, 0) is 27.5 Å². The zero-order valence-electron chi connectivity index (χ0n) is 13.2. The van der Waals surface area contributed by atoms with Crippen LogP contribution in [0.5, 0.6) is 0 Å². The van der Waals surface area contributed by atoms with Crippen LogP contribution < -0.4 is 5.32 Å². The topological polar surface area (TPSA) is 78.9 Å². The van der Waals surface area contributed by atoms with Crippen molar-refractivity contribution in [2.45, 2.75) is 26.5 Å². The third-order valence-corrected chi connectivity index (χ3v) is 3.18. The predicted molar refractivity (Wildman–Crippen MR) is 83.4 cm³/mol. The minimum Gasteiger partial charge on any atom is -0.481 e. The Hall–Kier alpha value is -1.92. The maximum Gasteiger partial charge on any atom is 0.304 e. The fourth-order valence-corrected chi connectivity index (χ4v) is 1.94. The van der Waals surface area contributed by atoms with E-state index in [4.69, 9.17) is 9.84 Å². The Bertz CT molecular complexity index is 491. The maximum absolute atomic E-state index is 11.9. The second-order valence-electron chi connectivity index (χ2n) is 5.06. The molecule has 0 fully saturated rings. The molecule has 6 heteroatoms. The first-order valence-corrected chi connectivity index (χ1v) is 7.34. The summed E-state index contributed by atoms with van der Waals surface area (Å²) in [5.74, 6) is -0.990. The van der Waals surface area contributed by atoms with Crippen molar-refractivity contribution in [3.63, 3.8) is 0 Å². The molecule has 0 saturated heterocycles. The standard InChI is InChI=1S/C16H24N2O4/c1-3-22-12-14-7-5-4-6-13(14)10-17-15(19)11-18(2)9-8-16(20)21/h4-7H,3,8-12H2,1-2H3,(H,17,19)(H,20,21). The van der Waals surface area contributed by atoms with E-state index in [1.54, 1.807) is 11.9 Å². The van der Waals surface area contributed by atoms with Crippen LogP contribution in [0.3, 0.4) is 0 Å². The van der Waals surface area contributed by atoms with Crippen LogP contribution in [0, 0.1) is 0 Å². The van der Waals surface area contributed by atoms with Crippen molar-refractivity contribution in [3.05, 3.63) is 35.4 Å². The molecule has 0 aliphatic rings. The van der Waals surface area contributed by atoms with Crippen LogP contribution in [0.4, 0.5) is 0 Å². The van der Waals surface area contributed by atoms with Gasteiger partial charge in [-0.05, 0) is 25.1 Å². The minimum atomic E-state index is -0.864. The third-order valence-electron chi connectivity index (χ3n) is 3.18. The van der Waals surface area contributed by atoms with Gasteiger partial charge in [0.2, 0.25) is 5.91 Å². The molecule has 0 atom stereocenters. The van der Waals surface area contributed by atoms with Gasteiger partial charge in [0.25, 0.3) is 0 Å². The molecule has 0 aliphatic heterocycles. The van der Waals surface area contributed by atoms with Gasteiger partial charge in [0.15, 0.2) is 0 Å². The molecule has 1 aromatic carbocycles.